The smallest absolute Gasteiger partial charge is 0.248 e. The number of hydrogen-bond donors (Lipinski definition) is 1. The Labute approximate surface area is 168 Å². The molecule has 0 unspecified atom stereocenters. The van der Waals surface area contributed by atoms with E-state index in [9.17, 15) is 9.59 Å². The van der Waals surface area contributed by atoms with Crippen molar-refractivity contribution < 1.29 is 28.5 Å². The Morgan fingerprint density at radius 2 is 1.93 bits per heavy atom. The van der Waals surface area contributed by atoms with Crippen LogP contribution < -0.4 is 24.3 Å². The van der Waals surface area contributed by atoms with E-state index in [1.807, 2.05) is 0 Å². The average molecular weight is 395 g/mol. The van der Waals surface area contributed by atoms with Crippen molar-refractivity contribution in [2.24, 2.45) is 0 Å². The van der Waals surface area contributed by atoms with E-state index in [1.54, 1.807) is 49.6 Å². The number of ether oxygens (including phenoxy) is 4. The quantitative estimate of drug-likeness (QED) is 0.415. The van der Waals surface area contributed by atoms with Crippen molar-refractivity contribution in [1.29, 1.82) is 0 Å². The predicted octanol–water partition coefficient (Wildman–Crippen LogP) is 3.84. The van der Waals surface area contributed by atoms with Gasteiger partial charge in [0.1, 0.15) is 6.61 Å². The third-order valence-corrected chi connectivity index (χ3v) is 4.12. The van der Waals surface area contributed by atoms with Crippen LogP contribution in [0, 0.1) is 0 Å². The number of rotatable bonds is 8. The number of anilines is 1. The molecule has 29 heavy (non-hydrogen) atoms. The summed E-state index contributed by atoms with van der Waals surface area (Å²) < 4.78 is 21.4. The second kappa shape index (κ2) is 8.97. The van der Waals surface area contributed by atoms with Gasteiger partial charge in [0.05, 0.1) is 12.8 Å². The van der Waals surface area contributed by atoms with Gasteiger partial charge in [-0.3, -0.25) is 9.59 Å². The monoisotopic (exact) mass is 395 g/mol. The van der Waals surface area contributed by atoms with Gasteiger partial charge in [-0.2, -0.15) is 0 Å². The van der Waals surface area contributed by atoms with E-state index >= 15 is 0 Å². The third-order valence-electron chi connectivity index (χ3n) is 4.12. The first kappa shape index (κ1) is 20.0. The highest BCUT2D eigenvalue weighted by Crippen LogP contribution is 2.37. The van der Waals surface area contributed by atoms with Gasteiger partial charge in [0.2, 0.25) is 12.7 Å². The summed E-state index contributed by atoms with van der Waals surface area (Å²) in [5, 5.41) is 2.71. The number of nitrogens with one attached hydrogen (secondary N) is 1. The van der Waals surface area contributed by atoms with Gasteiger partial charge < -0.3 is 24.3 Å². The van der Waals surface area contributed by atoms with Crippen LogP contribution in [0.4, 0.5) is 5.69 Å². The van der Waals surface area contributed by atoms with Crippen LogP contribution in [-0.4, -0.2) is 32.2 Å². The highest BCUT2D eigenvalue weighted by Gasteiger charge is 2.20. The number of methoxy groups -OCH3 is 1. The van der Waals surface area contributed by atoms with Gasteiger partial charge in [-0.1, -0.05) is 18.7 Å². The van der Waals surface area contributed by atoms with Crippen molar-refractivity contribution in [2.75, 3.05) is 25.8 Å². The second-order valence-electron chi connectivity index (χ2n) is 6.14. The number of Topliss-reactive ketones (excluding diaryl/α,β-unsaturated/α-hetero) is 1. The second-order valence-corrected chi connectivity index (χ2v) is 6.14. The van der Waals surface area contributed by atoms with Crippen molar-refractivity contribution in [3.63, 3.8) is 0 Å². The van der Waals surface area contributed by atoms with Crippen molar-refractivity contribution in [1.82, 2.24) is 0 Å². The van der Waals surface area contributed by atoms with E-state index in [2.05, 4.69) is 11.9 Å². The molecule has 1 N–H and O–H groups in total. The van der Waals surface area contributed by atoms with E-state index in [-0.39, 0.29) is 12.6 Å². The van der Waals surface area contributed by atoms with Crippen LogP contribution in [-0.2, 0) is 4.79 Å². The van der Waals surface area contributed by atoms with Crippen molar-refractivity contribution in [2.45, 2.75) is 6.92 Å². The summed E-state index contributed by atoms with van der Waals surface area (Å²) in [6.45, 7) is 5.48. The first-order chi connectivity index (χ1) is 14.0. The van der Waals surface area contributed by atoms with Gasteiger partial charge in [-0.05, 0) is 36.8 Å². The highest BCUT2D eigenvalue weighted by atomic mass is 16.7. The molecule has 0 atom stereocenters. The molecule has 2 aromatic carbocycles. The third kappa shape index (κ3) is 4.76. The lowest BCUT2D eigenvalue weighted by molar-refractivity contribution is -0.111. The summed E-state index contributed by atoms with van der Waals surface area (Å²) >= 11 is 0. The number of carbonyl (C=O) groups excluding carboxylic acids is 2. The standard InChI is InChI=1S/C22H21NO6/c1-4-9-27-18-7-5-15(10-19(18)26-3)6-8-22(25)23-17-12-21-20(28-13-29-21)11-16(17)14(2)24/h4-8,10-12H,1,9,13H2,2-3H3,(H,23,25)/b8-6+. The lowest BCUT2D eigenvalue weighted by Crippen LogP contribution is -2.11. The van der Waals surface area contributed by atoms with Crippen LogP contribution in [0.5, 0.6) is 23.0 Å². The Kier molecular flexibility index (Phi) is 6.19. The summed E-state index contributed by atoms with van der Waals surface area (Å²) in [7, 11) is 1.54. The molecule has 1 amide bonds. The van der Waals surface area contributed by atoms with Gasteiger partial charge in [0.15, 0.2) is 28.8 Å². The molecule has 0 aliphatic carbocycles. The minimum atomic E-state index is -0.391. The number of benzene rings is 2. The molecule has 0 saturated heterocycles. The SMILES string of the molecule is C=CCOc1ccc(/C=C/C(=O)Nc2cc3c(cc2C(C)=O)OCO3)cc1OC. The van der Waals surface area contributed by atoms with E-state index in [4.69, 9.17) is 18.9 Å². The molecule has 0 saturated carbocycles. The Bertz CT molecular complexity index is 980. The lowest BCUT2D eigenvalue weighted by atomic mass is 10.1. The minimum absolute atomic E-state index is 0.0817. The van der Waals surface area contributed by atoms with E-state index in [1.165, 1.54) is 13.0 Å². The molecule has 0 aromatic heterocycles. The van der Waals surface area contributed by atoms with Crippen LogP contribution in [0.2, 0.25) is 0 Å². The average Bonchev–Trinajstić information content (AvgIpc) is 3.17. The molecule has 0 bridgehead atoms. The lowest BCUT2D eigenvalue weighted by Gasteiger charge is -2.10. The van der Waals surface area contributed by atoms with Gasteiger partial charge in [-0.25, -0.2) is 0 Å². The highest BCUT2D eigenvalue weighted by molar-refractivity contribution is 6.08. The maximum absolute atomic E-state index is 12.4. The van der Waals surface area contributed by atoms with Gasteiger partial charge >= 0.3 is 0 Å². The van der Waals surface area contributed by atoms with E-state index in [0.717, 1.165) is 5.56 Å². The van der Waals surface area contributed by atoms with Crippen LogP contribution in [0.3, 0.4) is 0 Å². The number of amides is 1. The number of ketones is 1. The van der Waals surface area contributed by atoms with Crippen LogP contribution in [0.25, 0.3) is 6.08 Å². The van der Waals surface area contributed by atoms with Gasteiger partial charge in [0.25, 0.3) is 0 Å². The molecule has 3 rings (SSSR count). The molecule has 150 valence electrons. The number of fused-ring (bicyclic) bond motifs is 1. The predicted molar refractivity (Wildman–Crippen MR) is 109 cm³/mol. The molecule has 1 heterocycles. The molecule has 0 spiro atoms. The zero-order valence-electron chi connectivity index (χ0n) is 16.2. The van der Waals surface area contributed by atoms with Crippen molar-refractivity contribution in [3.05, 3.63) is 60.2 Å². The molecule has 7 nitrogen and oxygen atoms in total. The molecule has 7 heteroatoms. The Hall–Kier alpha value is -3.74. The van der Waals surface area contributed by atoms with Crippen LogP contribution in [0.15, 0.2) is 49.1 Å². The Balaban J connectivity index is 1.75. The molecule has 0 fully saturated rings. The number of carbonyl (C=O) groups is 2. The zero-order chi connectivity index (χ0) is 20.8. The summed E-state index contributed by atoms with van der Waals surface area (Å²) in [5.74, 6) is 1.51. The molecule has 2 aromatic rings. The molecule has 1 aliphatic rings. The normalized spacial score (nSPS) is 11.9. The fourth-order valence-electron chi connectivity index (χ4n) is 2.74. The summed E-state index contributed by atoms with van der Waals surface area (Å²) in [4.78, 5) is 24.3. The topological polar surface area (TPSA) is 83.1 Å². The largest absolute Gasteiger partial charge is 0.493 e. The van der Waals surface area contributed by atoms with Crippen LogP contribution >= 0.6 is 0 Å². The van der Waals surface area contributed by atoms with Crippen molar-refractivity contribution >= 4 is 23.5 Å². The fraction of sp³-hybridized carbons (Fsp3) is 0.182. The summed E-state index contributed by atoms with van der Waals surface area (Å²) in [6.07, 6.45) is 4.64. The Morgan fingerprint density at radius 3 is 2.62 bits per heavy atom. The zero-order valence-corrected chi connectivity index (χ0v) is 16.2. The number of hydrogen-bond acceptors (Lipinski definition) is 6. The fourth-order valence-corrected chi connectivity index (χ4v) is 2.74. The van der Waals surface area contributed by atoms with Crippen LogP contribution in [0.1, 0.15) is 22.8 Å². The summed E-state index contributed by atoms with van der Waals surface area (Å²) in [5.41, 5.74) is 1.46. The molecule has 1 aliphatic heterocycles. The van der Waals surface area contributed by atoms with Crippen molar-refractivity contribution in [3.8, 4) is 23.0 Å². The maximum atomic E-state index is 12.4. The molecule has 0 radical (unpaired) electrons. The van der Waals surface area contributed by atoms with E-state index < -0.39 is 5.91 Å². The van der Waals surface area contributed by atoms with Gasteiger partial charge in [0, 0.05) is 17.7 Å². The first-order valence-corrected chi connectivity index (χ1v) is 8.87. The minimum Gasteiger partial charge on any atom is -0.493 e. The molecular formula is C22H21NO6. The van der Waals surface area contributed by atoms with E-state index in [0.29, 0.717) is 40.9 Å². The molecular weight excluding hydrogens is 374 g/mol. The summed E-state index contributed by atoms with van der Waals surface area (Å²) in [6, 6.07) is 8.46. The Morgan fingerprint density at radius 1 is 1.17 bits per heavy atom. The van der Waals surface area contributed by atoms with Gasteiger partial charge in [-0.15, -0.1) is 0 Å². The maximum Gasteiger partial charge on any atom is 0.248 e. The first-order valence-electron chi connectivity index (χ1n) is 8.87.